The SMILES string of the molecule is Cc1ncsc1-c1ccc([C@H](C)NC(=O)[C@@H]2CCCN2C(=O)C(NC(=O)Cc2cccc(Br)c2)C(C)(C)C)cc1. The zero-order valence-electron chi connectivity index (χ0n) is 23.7. The first-order chi connectivity index (χ1) is 18.9. The number of likely N-dealkylation sites (tertiary alicyclic amines) is 1. The summed E-state index contributed by atoms with van der Waals surface area (Å²) in [5.74, 6) is -0.615. The van der Waals surface area contributed by atoms with E-state index in [0.717, 1.165) is 38.2 Å². The van der Waals surface area contributed by atoms with Crippen LogP contribution in [0.15, 0.2) is 58.5 Å². The number of rotatable bonds is 8. The van der Waals surface area contributed by atoms with Gasteiger partial charge in [-0.05, 0) is 60.9 Å². The molecule has 3 amide bonds. The van der Waals surface area contributed by atoms with Crippen LogP contribution in [-0.2, 0) is 20.8 Å². The van der Waals surface area contributed by atoms with Crippen LogP contribution in [0.5, 0.6) is 0 Å². The van der Waals surface area contributed by atoms with E-state index in [1.165, 1.54) is 0 Å². The first-order valence-corrected chi connectivity index (χ1v) is 15.3. The Bertz CT molecular complexity index is 1370. The highest BCUT2D eigenvalue weighted by atomic mass is 79.9. The van der Waals surface area contributed by atoms with Crippen LogP contribution in [0.4, 0.5) is 0 Å². The molecule has 7 nitrogen and oxygen atoms in total. The summed E-state index contributed by atoms with van der Waals surface area (Å²) < 4.78 is 0.896. The normalized spacial score (nSPS) is 16.9. The standard InChI is InChI=1S/C31H37BrN4O3S/c1-19(22-11-13-23(14-12-22)27-20(2)33-18-40-27)34-29(38)25-10-7-15-36(25)30(39)28(31(3,4)5)35-26(37)17-21-8-6-9-24(32)16-21/h6,8-9,11-14,16,18-19,25,28H,7,10,15,17H2,1-5H3,(H,34,38)(H,35,37)/t19-,25-,28?/m0/s1. The summed E-state index contributed by atoms with van der Waals surface area (Å²) in [4.78, 5) is 47.3. The van der Waals surface area contributed by atoms with Crippen LogP contribution in [0.25, 0.3) is 10.4 Å². The Balaban J connectivity index is 1.42. The minimum absolute atomic E-state index is 0.169. The van der Waals surface area contributed by atoms with Crippen LogP contribution in [-0.4, -0.2) is 46.2 Å². The van der Waals surface area contributed by atoms with E-state index >= 15 is 0 Å². The van der Waals surface area contributed by atoms with Crippen LogP contribution in [0.1, 0.15) is 63.4 Å². The maximum atomic E-state index is 13.8. The number of benzene rings is 2. The molecule has 1 aliphatic rings. The van der Waals surface area contributed by atoms with Gasteiger partial charge in [0.25, 0.3) is 0 Å². The van der Waals surface area contributed by atoms with Gasteiger partial charge in [-0.2, -0.15) is 0 Å². The van der Waals surface area contributed by atoms with Crippen LogP contribution in [0.2, 0.25) is 0 Å². The molecular weight excluding hydrogens is 588 g/mol. The molecule has 212 valence electrons. The summed E-state index contributed by atoms with van der Waals surface area (Å²) >= 11 is 5.04. The topological polar surface area (TPSA) is 91.4 Å². The maximum absolute atomic E-state index is 13.8. The first kappa shape index (κ1) is 29.9. The number of thiazole rings is 1. The average molecular weight is 626 g/mol. The smallest absolute Gasteiger partial charge is 0.246 e. The van der Waals surface area contributed by atoms with Gasteiger partial charge in [0.2, 0.25) is 17.7 Å². The highest BCUT2D eigenvalue weighted by molar-refractivity contribution is 9.10. The van der Waals surface area contributed by atoms with Crippen molar-refractivity contribution in [2.45, 2.75) is 72.0 Å². The van der Waals surface area contributed by atoms with Gasteiger partial charge in [-0.1, -0.05) is 73.1 Å². The lowest BCUT2D eigenvalue weighted by molar-refractivity contribution is -0.144. The van der Waals surface area contributed by atoms with E-state index in [2.05, 4.69) is 43.7 Å². The average Bonchev–Trinajstić information content (AvgIpc) is 3.56. The molecule has 9 heteroatoms. The van der Waals surface area contributed by atoms with E-state index < -0.39 is 17.5 Å². The van der Waals surface area contributed by atoms with Crippen molar-refractivity contribution in [1.29, 1.82) is 0 Å². The molecular formula is C31H37BrN4O3S. The number of halogens is 1. The summed E-state index contributed by atoms with van der Waals surface area (Å²) in [5.41, 5.74) is 5.26. The van der Waals surface area contributed by atoms with E-state index in [1.54, 1.807) is 16.2 Å². The van der Waals surface area contributed by atoms with Crippen LogP contribution < -0.4 is 10.6 Å². The molecule has 0 bridgehead atoms. The zero-order chi connectivity index (χ0) is 29.0. The predicted molar refractivity (Wildman–Crippen MR) is 163 cm³/mol. The monoisotopic (exact) mass is 624 g/mol. The van der Waals surface area contributed by atoms with Gasteiger partial charge in [-0.25, -0.2) is 4.98 Å². The highest BCUT2D eigenvalue weighted by Crippen LogP contribution is 2.29. The Morgan fingerprint density at radius 3 is 2.48 bits per heavy atom. The molecule has 1 aliphatic heterocycles. The third kappa shape index (κ3) is 7.18. The van der Waals surface area contributed by atoms with Crippen molar-refractivity contribution in [2.24, 2.45) is 5.41 Å². The molecule has 1 aromatic heterocycles. The summed E-state index contributed by atoms with van der Waals surface area (Å²) in [6.07, 6.45) is 1.50. The molecule has 2 aromatic carbocycles. The van der Waals surface area contributed by atoms with E-state index in [0.29, 0.717) is 13.0 Å². The second-order valence-corrected chi connectivity index (χ2v) is 13.3. The van der Waals surface area contributed by atoms with Crippen molar-refractivity contribution >= 4 is 45.0 Å². The Labute approximate surface area is 248 Å². The Morgan fingerprint density at radius 1 is 1.12 bits per heavy atom. The number of aromatic nitrogens is 1. The van der Waals surface area contributed by atoms with Crippen LogP contribution in [0.3, 0.4) is 0 Å². The molecule has 2 heterocycles. The van der Waals surface area contributed by atoms with Gasteiger partial charge in [0.1, 0.15) is 12.1 Å². The first-order valence-electron chi connectivity index (χ1n) is 13.6. The van der Waals surface area contributed by atoms with Crippen molar-refractivity contribution in [1.82, 2.24) is 20.5 Å². The third-order valence-electron chi connectivity index (χ3n) is 7.29. The second-order valence-electron chi connectivity index (χ2n) is 11.5. The lowest BCUT2D eigenvalue weighted by Gasteiger charge is -2.35. The molecule has 0 radical (unpaired) electrons. The van der Waals surface area contributed by atoms with Crippen LogP contribution >= 0.6 is 27.3 Å². The van der Waals surface area contributed by atoms with E-state index in [-0.39, 0.29) is 30.2 Å². The fourth-order valence-electron chi connectivity index (χ4n) is 5.06. The lowest BCUT2D eigenvalue weighted by Crippen LogP contribution is -2.58. The Hall–Kier alpha value is -3.04. The number of carbonyl (C=O) groups is 3. The van der Waals surface area contributed by atoms with Crippen molar-refractivity contribution in [3.63, 3.8) is 0 Å². The van der Waals surface area contributed by atoms with Gasteiger partial charge in [0.15, 0.2) is 0 Å². The molecule has 0 saturated carbocycles. The Kier molecular flexibility index (Phi) is 9.46. The minimum atomic E-state index is -0.749. The van der Waals surface area contributed by atoms with Gasteiger partial charge in [0, 0.05) is 11.0 Å². The van der Waals surface area contributed by atoms with Gasteiger partial charge in [-0.3, -0.25) is 14.4 Å². The fourth-order valence-corrected chi connectivity index (χ4v) is 6.32. The van der Waals surface area contributed by atoms with Crippen molar-refractivity contribution in [3.05, 3.63) is 75.3 Å². The maximum Gasteiger partial charge on any atom is 0.246 e. The number of amides is 3. The molecule has 1 saturated heterocycles. The number of nitrogens with zero attached hydrogens (tertiary/aromatic N) is 2. The van der Waals surface area contributed by atoms with E-state index in [4.69, 9.17) is 0 Å². The number of carbonyl (C=O) groups excluding carboxylic acids is 3. The van der Waals surface area contributed by atoms with Gasteiger partial charge in [-0.15, -0.1) is 11.3 Å². The summed E-state index contributed by atoms with van der Waals surface area (Å²) in [6.45, 7) is 10.2. The quantitative estimate of drug-likeness (QED) is 0.330. The Morgan fingerprint density at radius 2 is 1.85 bits per heavy atom. The zero-order valence-corrected chi connectivity index (χ0v) is 26.1. The molecule has 2 N–H and O–H groups in total. The number of nitrogens with one attached hydrogen (secondary N) is 2. The lowest BCUT2D eigenvalue weighted by atomic mass is 9.85. The molecule has 40 heavy (non-hydrogen) atoms. The second kappa shape index (κ2) is 12.6. The molecule has 3 atom stereocenters. The summed E-state index contributed by atoms with van der Waals surface area (Å²) in [7, 11) is 0. The van der Waals surface area contributed by atoms with Crippen LogP contribution in [0, 0.1) is 12.3 Å². The third-order valence-corrected chi connectivity index (χ3v) is 8.76. The van der Waals surface area contributed by atoms with Crippen molar-refractivity contribution in [2.75, 3.05) is 6.54 Å². The fraction of sp³-hybridized carbons (Fsp3) is 0.419. The molecule has 0 spiro atoms. The molecule has 4 rings (SSSR count). The minimum Gasteiger partial charge on any atom is -0.348 e. The summed E-state index contributed by atoms with van der Waals surface area (Å²) in [6, 6.07) is 14.2. The molecule has 1 unspecified atom stereocenters. The van der Waals surface area contributed by atoms with E-state index in [9.17, 15) is 14.4 Å². The predicted octanol–water partition coefficient (Wildman–Crippen LogP) is 5.82. The molecule has 0 aliphatic carbocycles. The van der Waals surface area contributed by atoms with Gasteiger partial charge < -0.3 is 15.5 Å². The van der Waals surface area contributed by atoms with Crippen molar-refractivity contribution < 1.29 is 14.4 Å². The van der Waals surface area contributed by atoms with Crippen molar-refractivity contribution in [3.8, 4) is 10.4 Å². The molecule has 3 aromatic rings. The number of aryl methyl sites for hydroxylation is 1. The highest BCUT2D eigenvalue weighted by Gasteiger charge is 2.42. The number of hydrogen-bond donors (Lipinski definition) is 2. The van der Waals surface area contributed by atoms with Gasteiger partial charge in [0.05, 0.1) is 28.5 Å². The van der Waals surface area contributed by atoms with Gasteiger partial charge >= 0.3 is 0 Å². The largest absolute Gasteiger partial charge is 0.348 e. The molecule has 1 fully saturated rings. The number of hydrogen-bond acceptors (Lipinski definition) is 5. The summed E-state index contributed by atoms with van der Waals surface area (Å²) in [5, 5.41) is 6.08. The van der Waals surface area contributed by atoms with E-state index in [1.807, 2.05) is 76.5 Å².